The lowest BCUT2D eigenvalue weighted by Crippen LogP contribution is -2.48. The fourth-order valence-corrected chi connectivity index (χ4v) is 12.0. The largest absolute Gasteiger partial charge is 0.310 e. The predicted molar refractivity (Wildman–Crippen MR) is 222 cm³/mol. The Bertz CT molecular complexity index is 2570. The van der Waals surface area contributed by atoms with Crippen molar-refractivity contribution in [3.8, 4) is 22.3 Å². The number of anilines is 3. The van der Waals surface area contributed by atoms with Crippen molar-refractivity contribution in [2.45, 2.75) is 43.9 Å². The van der Waals surface area contributed by atoms with Gasteiger partial charge < -0.3 is 4.90 Å². The summed E-state index contributed by atoms with van der Waals surface area (Å²) in [5.74, 6) is 2.86. The maximum absolute atomic E-state index is 2.54. The van der Waals surface area contributed by atoms with Crippen molar-refractivity contribution in [2.75, 3.05) is 4.90 Å². The Kier molecular flexibility index (Phi) is 6.99. The molecule has 4 saturated carbocycles. The molecule has 0 unspecified atom stereocenters. The molecule has 0 atom stereocenters. The van der Waals surface area contributed by atoms with Crippen LogP contribution in [0.3, 0.4) is 0 Å². The molecule has 4 fully saturated rings. The molecule has 1 aromatic heterocycles. The number of hydrogen-bond acceptors (Lipinski definition) is 2. The van der Waals surface area contributed by atoms with E-state index in [1.165, 1.54) is 103 Å². The van der Waals surface area contributed by atoms with Gasteiger partial charge in [-0.1, -0.05) is 115 Å². The standard InChI is InChI=1S/C50H41NS/c1-2-11-44-37(7-1)8-6-13-45(44)38-17-21-42(22-18-38)51(43-23-24-47-46-12-3-4-14-48(46)52-49(47)29-43)41-19-15-36(16-20-41)39-9-5-10-40(28-39)50-30-33-25-34(31-50)27-35(26-33)32-50/h1-24,28-29,33-35H,25-27,30-32H2. The van der Waals surface area contributed by atoms with Gasteiger partial charge in [0.1, 0.15) is 0 Å². The summed E-state index contributed by atoms with van der Waals surface area (Å²) in [5.41, 5.74) is 10.6. The van der Waals surface area contributed by atoms with Crippen LogP contribution >= 0.6 is 11.3 Å². The summed E-state index contributed by atoms with van der Waals surface area (Å²) in [4.78, 5) is 2.42. The molecule has 4 aliphatic carbocycles. The fourth-order valence-electron chi connectivity index (χ4n) is 10.9. The van der Waals surface area contributed by atoms with Gasteiger partial charge in [0.15, 0.2) is 0 Å². The van der Waals surface area contributed by atoms with E-state index in [9.17, 15) is 0 Å². The molecule has 12 rings (SSSR count). The summed E-state index contributed by atoms with van der Waals surface area (Å²) < 4.78 is 2.65. The van der Waals surface area contributed by atoms with Gasteiger partial charge in [-0.3, -0.25) is 0 Å². The number of hydrogen-bond donors (Lipinski definition) is 0. The first-order chi connectivity index (χ1) is 25.7. The average Bonchev–Trinajstić information content (AvgIpc) is 3.56. The smallest absolute Gasteiger partial charge is 0.0476 e. The second-order valence-corrected chi connectivity index (χ2v) is 17.1. The normalized spacial score (nSPS) is 22.0. The van der Waals surface area contributed by atoms with Gasteiger partial charge in [-0.25, -0.2) is 0 Å². The van der Waals surface area contributed by atoms with Crippen LogP contribution in [0.25, 0.3) is 53.2 Å². The lowest BCUT2D eigenvalue weighted by atomic mass is 9.48. The highest BCUT2D eigenvalue weighted by atomic mass is 32.1. The van der Waals surface area contributed by atoms with Crippen LogP contribution in [0.15, 0.2) is 158 Å². The SMILES string of the molecule is c1cc(-c2ccc(N(c3ccc(-c4cccc5ccccc45)cc3)c3ccc4c(c3)sc3ccccc34)cc2)cc(C23CC4CC(CC(C4)C2)C3)c1. The van der Waals surface area contributed by atoms with E-state index in [1.54, 1.807) is 5.56 Å². The van der Waals surface area contributed by atoms with Crippen LogP contribution < -0.4 is 4.90 Å². The topological polar surface area (TPSA) is 3.24 Å². The molecule has 8 aromatic rings. The van der Waals surface area contributed by atoms with Crippen molar-refractivity contribution in [2.24, 2.45) is 17.8 Å². The molecular formula is C50H41NS. The van der Waals surface area contributed by atoms with Crippen molar-refractivity contribution in [3.05, 3.63) is 163 Å². The summed E-state index contributed by atoms with van der Waals surface area (Å²) in [6.07, 6.45) is 8.66. The van der Waals surface area contributed by atoms with Crippen molar-refractivity contribution >= 4 is 59.3 Å². The Morgan fingerprint density at radius 2 is 1.04 bits per heavy atom. The first kappa shape index (κ1) is 30.4. The average molecular weight is 688 g/mol. The zero-order valence-electron chi connectivity index (χ0n) is 29.3. The molecule has 4 aliphatic rings. The van der Waals surface area contributed by atoms with Crippen LogP contribution in [-0.4, -0.2) is 0 Å². The number of rotatable bonds is 6. The minimum absolute atomic E-state index is 0.408. The van der Waals surface area contributed by atoms with E-state index in [0.29, 0.717) is 5.41 Å². The molecule has 1 nitrogen and oxygen atoms in total. The lowest BCUT2D eigenvalue weighted by molar-refractivity contribution is -0.00516. The van der Waals surface area contributed by atoms with E-state index in [4.69, 9.17) is 0 Å². The molecule has 252 valence electrons. The molecule has 4 bridgehead atoms. The zero-order chi connectivity index (χ0) is 34.2. The van der Waals surface area contributed by atoms with E-state index in [1.807, 2.05) is 11.3 Å². The maximum Gasteiger partial charge on any atom is 0.0476 e. The minimum atomic E-state index is 0.408. The lowest BCUT2D eigenvalue weighted by Gasteiger charge is -2.57. The van der Waals surface area contributed by atoms with Gasteiger partial charge in [0.05, 0.1) is 0 Å². The van der Waals surface area contributed by atoms with Crippen molar-refractivity contribution in [1.29, 1.82) is 0 Å². The quantitative estimate of drug-likeness (QED) is 0.168. The Balaban J connectivity index is 0.977. The van der Waals surface area contributed by atoms with Crippen LogP contribution in [-0.2, 0) is 5.41 Å². The zero-order valence-corrected chi connectivity index (χ0v) is 30.2. The minimum Gasteiger partial charge on any atom is -0.310 e. The van der Waals surface area contributed by atoms with Gasteiger partial charge in [0.25, 0.3) is 0 Å². The maximum atomic E-state index is 2.54. The first-order valence-corrected chi connectivity index (χ1v) is 20.0. The van der Waals surface area contributed by atoms with Crippen LogP contribution in [0, 0.1) is 17.8 Å². The van der Waals surface area contributed by atoms with Crippen molar-refractivity contribution < 1.29 is 0 Å². The summed E-state index contributed by atoms with van der Waals surface area (Å²) >= 11 is 1.88. The monoisotopic (exact) mass is 687 g/mol. The summed E-state index contributed by atoms with van der Waals surface area (Å²) in [6.45, 7) is 0. The number of fused-ring (bicyclic) bond motifs is 4. The van der Waals surface area contributed by atoms with Crippen molar-refractivity contribution in [3.63, 3.8) is 0 Å². The highest BCUT2D eigenvalue weighted by molar-refractivity contribution is 7.25. The third-order valence-corrected chi connectivity index (χ3v) is 14.0. The third-order valence-electron chi connectivity index (χ3n) is 12.8. The van der Waals surface area contributed by atoms with E-state index in [0.717, 1.165) is 23.4 Å². The van der Waals surface area contributed by atoms with Crippen LogP contribution in [0.2, 0.25) is 0 Å². The summed E-state index contributed by atoms with van der Waals surface area (Å²) in [5, 5.41) is 5.21. The van der Waals surface area contributed by atoms with Gasteiger partial charge in [0, 0.05) is 37.2 Å². The van der Waals surface area contributed by atoms with E-state index < -0.39 is 0 Å². The Morgan fingerprint density at radius 3 is 1.79 bits per heavy atom. The Labute approximate surface area is 310 Å². The molecule has 0 N–H and O–H groups in total. The fraction of sp³-hybridized carbons (Fsp3) is 0.200. The van der Waals surface area contributed by atoms with Gasteiger partial charge in [-0.2, -0.15) is 0 Å². The molecule has 7 aromatic carbocycles. The summed E-state index contributed by atoms with van der Waals surface area (Å²) in [7, 11) is 0. The number of benzene rings is 7. The first-order valence-electron chi connectivity index (χ1n) is 19.2. The molecule has 1 heterocycles. The van der Waals surface area contributed by atoms with E-state index in [-0.39, 0.29) is 0 Å². The van der Waals surface area contributed by atoms with Crippen LogP contribution in [0.5, 0.6) is 0 Å². The molecule has 2 heteroatoms. The molecule has 52 heavy (non-hydrogen) atoms. The molecule has 0 radical (unpaired) electrons. The molecule has 0 aliphatic heterocycles. The third kappa shape index (κ3) is 5.03. The number of nitrogens with zero attached hydrogens (tertiary/aromatic N) is 1. The van der Waals surface area contributed by atoms with Gasteiger partial charge >= 0.3 is 0 Å². The Morgan fingerprint density at radius 1 is 0.442 bits per heavy atom. The highest BCUT2D eigenvalue weighted by Gasteiger charge is 2.51. The second kappa shape index (κ2) is 11.9. The van der Waals surface area contributed by atoms with Gasteiger partial charge in [0.2, 0.25) is 0 Å². The molecule has 0 saturated heterocycles. The summed E-state index contributed by atoms with van der Waals surface area (Å²) in [6, 6.07) is 59.1. The van der Waals surface area contributed by atoms with E-state index >= 15 is 0 Å². The molecule has 0 spiro atoms. The Hall–Kier alpha value is -5.18. The highest BCUT2D eigenvalue weighted by Crippen LogP contribution is 2.61. The van der Waals surface area contributed by atoms with Gasteiger partial charge in [-0.05, 0) is 143 Å². The molecule has 0 amide bonds. The number of thiophene rings is 1. The molecular weight excluding hydrogens is 647 g/mol. The van der Waals surface area contributed by atoms with Gasteiger partial charge in [-0.15, -0.1) is 11.3 Å². The predicted octanol–water partition coefficient (Wildman–Crippen LogP) is 14.5. The second-order valence-electron chi connectivity index (χ2n) is 16.0. The van der Waals surface area contributed by atoms with E-state index in [2.05, 4.69) is 163 Å². The van der Waals surface area contributed by atoms with Crippen LogP contribution in [0.4, 0.5) is 17.1 Å². The van der Waals surface area contributed by atoms with Crippen LogP contribution in [0.1, 0.15) is 44.1 Å². The van der Waals surface area contributed by atoms with Crippen molar-refractivity contribution in [1.82, 2.24) is 0 Å².